The molecule has 0 unspecified atom stereocenters. The number of hydrogen-bond acceptors (Lipinski definition) is 2. The highest BCUT2D eigenvalue weighted by atomic mass is 79.9. The first-order chi connectivity index (χ1) is 7.69. The predicted molar refractivity (Wildman–Crippen MR) is 77.6 cm³/mol. The van der Waals surface area contributed by atoms with Gasteiger partial charge in [-0.3, -0.25) is 0 Å². The van der Waals surface area contributed by atoms with E-state index in [1.54, 1.807) is 6.07 Å². The van der Waals surface area contributed by atoms with Gasteiger partial charge >= 0.3 is 0 Å². The topological polar surface area (TPSA) is 9.23 Å². The summed E-state index contributed by atoms with van der Waals surface area (Å²) in [4.78, 5) is 0. The van der Waals surface area contributed by atoms with Crippen LogP contribution in [0, 0.1) is 0 Å². The summed E-state index contributed by atoms with van der Waals surface area (Å²) < 4.78 is 5.68. The van der Waals surface area contributed by atoms with E-state index in [4.69, 9.17) is 27.9 Å². The zero-order valence-corrected chi connectivity index (χ0v) is 12.8. The molecule has 0 aliphatic heterocycles. The third-order valence-corrected chi connectivity index (χ3v) is 3.77. The molecule has 1 aromatic rings. The standard InChI is InChI=1S/C11H13BrCl2OS/c1-16-4-2-3-15-11-8(7-12)5-9(13)6-10(11)14/h5-6H,2-4,7H2,1H3. The molecule has 0 fully saturated rings. The highest BCUT2D eigenvalue weighted by molar-refractivity contribution is 9.08. The molecule has 90 valence electrons. The molecule has 0 atom stereocenters. The molecular formula is C11H13BrCl2OS. The largest absolute Gasteiger partial charge is 0.492 e. The molecule has 0 aromatic heterocycles. The molecule has 0 saturated carbocycles. The van der Waals surface area contributed by atoms with E-state index < -0.39 is 0 Å². The van der Waals surface area contributed by atoms with Gasteiger partial charge in [-0.1, -0.05) is 39.1 Å². The van der Waals surface area contributed by atoms with Gasteiger partial charge in [0.25, 0.3) is 0 Å². The number of rotatable bonds is 6. The summed E-state index contributed by atoms with van der Waals surface area (Å²) in [6.07, 6.45) is 3.10. The first kappa shape index (κ1) is 14.5. The van der Waals surface area contributed by atoms with Crippen LogP contribution in [0.4, 0.5) is 0 Å². The molecule has 5 heteroatoms. The Hall–Kier alpha value is 0.430. The predicted octanol–water partition coefficient (Wildman–Crippen LogP) is 5.02. The smallest absolute Gasteiger partial charge is 0.142 e. The van der Waals surface area contributed by atoms with Crippen molar-refractivity contribution in [2.75, 3.05) is 18.6 Å². The van der Waals surface area contributed by atoms with Gasteiger partial charge in [0.05, 0.1) is 11.6 Å². The summed E-state index contributed by atoms with van der Waals surface area (Å²) in [7, 11) is 0. The van der Waals surface area contributed by atoms with Crippen LogP contribution in [0.3, 0.4) is 0 Å². The zero-order valence-electron chi connectivity index (χ0n) is 8.93. The molecule has 0 spiro atoms. The first-order valence-electron chi connectivity index (χ1n) is 4.84. The van der Waals surface area contributed by atoms with Crippen molar-refractivity contribution in [3.63, 3.8) is 0 Å². The monoisotopic (exact) mass is 342 g/mol. The van der Waals surface area contributed by atoms with E-state index >= 15 is 0 Å². The van der Waals surface area contributed by atoms with Gasteiger partial charge in [0.15, 0.2) is 0 Å². The molecule has 0 amide bonds. The SMILES string of the molecule is CSCCCOc1c(Cl)cc(Cl)cc1CBr. The summed E-state index contributed by atoms with van der Waals surface area (Å²) >= 11 is 17.2. The first-order valence-corrected chi connectivity index (χ1v) is 8.11. The second-order valence-electron chi connectivity index (χ2n) is 3.20. The van der Waals surface area contributed by atoms with Gasteiger partial charge in [-0.25, -0.2) is 0 Å². The molecular weight excluding hydrogens is 331 g/mol. The Morgan fingerprint density at radius 2 is 2.12 bits per heavy atom. The third-order valence-electron chi connectivity index (χ3n) is 1.97. The third kappa shape index (κ3) is 4.36. The number of benzene rings is 1. The van der Waals surface area contributed by atoms with Crippen LogP contribution in [0.5, 0.6) is 5.75 Å². The highest BCUT2D eigenvalue weighted by Crippen LogP contribution is 2.33. The fourth-order valence-corrected chi connectivity index (χ4v) is 2.67. The molecule has 0 radical (unpaired) electrons. The second-order valence-corrected chi connectivity index (χ2v) is 5.59. The Bertz CT molecular complexity index is 347. The molecule has 16 heavy (non-hydrogen) atoms. The summed E-state index contributed by atoms with van der Waals surface area (Å²) in [6, 6.07) is 3.57. The summed E-state index contributed by atoms with van der Waals surface area (Å²) in [5, 5.41) is 1.90. The van der Waals surface area contributed by atoms with Gasteiger partial charge < -0.3 is 4.74 Å². The molecule has 0 heterocycles. The highest BCUT2D eigenvalue weighted by Gasteiger charge is 2.09. The van der Waals surface area contributed by atoms with Crippen LogP contribution >= 0.6 is 50.9 Å². The van der Waals surface area contributed by atoms with E-state index in [9.17, 15) is 0 Å². The van der Waals surface area contributed by atoms with E-state index in [0.29, 0.717) is 22.0 Å². The van der Waals surface area contributed by atoms with Crippen molar-refractivity contribution in [3.8, 4) is 5.75 Å². The van der Waals surface area contributed by atoms with Crippen molar-refractivity contribution in [3.05, 3.63) is 27.7 Å². The van der Waals surface area contributed by atoms with E-state index in [2.05, 4.69) is 22.2 Å². The summed E-state index contributed by atoms with van der Waals surface area (Å²) in [5.74, 6) is 1.83. The molecule has 0 aliphatic rings. The van der Waals surface area contributed by atoms with Crippen LogP contribution in [-0.2, 0) is 5.33 Å². The minimum absolute atomic E-state index is 0.575. The van der Waals surface area contributed by atoms with Gasteiger partial charge in [0.2, 0.25) is 0 Å². The van der Waals surface area contributed by atoms with Crippen LogP contribution in [-0.4, -0.2) is 18.6 Å². The molecule has 0 saturated heterocycles. The van der Waals surface area contributed by atoms with Crippen molar-refractivity contribution in [2.45, 2.75) is 11.8 Å². The van der Waals surface area contributed by atoms with Crippen molar-refractivity contribution < 1.29 is 4.74 Å². The number of alkyl halides is 1. The fraction of sp³-hybridized carbons (Fsp3) is 0.455. The van der Waals surface area contributed by atoms with Crippen LogP contribution in [0.25, 0.3) is 0 Å². The Morgan fingerprint density at radius 1 is 1.38 bits per heavy atom. The van der Waals surface area contributed by atoms with Crippen molar-refractivity contribution in [1.29, 1.82) is 0 Å². The lowest BCUT2D eigenvalue weighted by Crippen LogP contribution is -2.01. The lowest BCUT2D eigenvalue weighted by Gasteiger charge is -2.12. The lowest BCUT2D eigenvalue weighted by molar-refractivity contribution is 0.316. The van der Waals surface area contributed by atoms with Crippen molar-refractivity contribution in [2.24, 2.45) is 0 Å². The Kier molecular flexibility index (Phi) is 6.97. The van der Waals surface area contributed by atoms with Crippen molar-refractivity contribution >= 4 is 50.9 Å². The van der Waals surface area contributed by atoms with Gasteiger partial charge in [-0.2, -0.15) is 11.8 Å². The number of ether oxygens (including phenoxy) is 1. The van der Waals surface area contributed by atoms with Gasteiger partial charge in [0.1, 0.15) is 5.75 Å². The molecule has 0 N–H and O–H groups in total. The molecule has 0 bridgehead atoms. The van der Waals surface area contributed by atoms with E-state index in [1.807, 2.05) is 17.8 Å². The molecule has 1 aromatic carbocycles. The molecule has 1 rings (SSSR count). The van der Waals surface area contributed by atoms with Crippen LogP contribution in [0.1, 0.15) is 12.0 Å². The maximum Gasteiger partial charge on any atom is 0.142 e. The lowest BCUT2D eigenvalue weighted by atomic mass is 10.2. The molecule has 0 aliphatic carbocycles. The van der Waals surface area contributed by atoms with Crippen LogP contribution < -0.4 is 4.74 Å². The second kappa shape index (κ2) is 7.70. The maximum atomic E-state index is 6.09. The Balaban J connectivity index is 2.70. The quantitative estimate of drug-likeness (QED) is 0.529. The Labute approximate surface area is 119 Å². The summed E-state index contributed by atoms with van der Waals surface area (Å²) in [6.45, 7) is 0.683. The van der Waals surface area contributed by atoms with E-state index in [-0.39, 0.29) is 0 Å². The Morgan fingerprint density at radius 3 is 2.75 bits per heavy atom. The van der Waals surface area contributed by atoms with E-state index in [1.165, 1.54) is 0 Å². The maximum absolute atomic E-state index is 6.09. The molecule has 1 nitrogen and oxygen atoms in total. The minimum atomic E-state index is 0.575. The number of thioether (sulfide) groups is 1. The van der Waals surface area contributed by atoms with Crippen LogP contribution in [0.15, 0.2) is 12.1 Å². The van der Waals surface area contributed by atoms with Crippen molar-refractivity contribution in [1.82, 2.24) is 0 Å². The summed E-state index contributed by atoms with van der Waals surface area (Å²) in [5.41, 5.74) is 0.988. The average Bonchev–Trinajstić information content (AvgIpc) is 2.26. The van der Waals surface area contributed by atoms with Gasteiger partial charge in [-0.15, -0.1) is 0 Å². The normalized spacial score (nSPS) is 10.5. The van der Waals surface area contributed by atoms with Gasteiger partial charge in [0, 0.05) is 15.9 Å². The van der Waals surface area contributed by atoms with Crippen LogP contribution in [0.2, 0.25) is 10.0 Å². The fourth-order valence-electron chi connectivity index (χ4n) is 1.25. The number of hydrogen-bond donors (Lipinski definition) is 0. The zero-order chi connectivity index (χ0) is 12.0. The van der Waals surface area contributed by atoms with Gasteiger partial charge in [-0.05, 0) is 30.6 Å². The minimum Gasteiger partial charge on any atom is -0.492 e. The number of halogens is 3. The average molecular weight is 344 g/mol. The van der Waals surface area contributed by atoms with E-state index in [0.717, 1.165) is 23.5 Å².